The summed E-state index contributed by atoms with van der Waals surface area (Å²) in [6, 6.07) is 1.75. The van der Waals surface area contributed by atoms with Gasteiger partial charge in [0.1, 0.15) is 29.0 Å². The topological polar surface area (TPSA) is 166 Å². The Balaban J connectivity index is 1.46. The van der Waals surface area contributed by atoms with Gasteiger partial charge in [0.15, 0.2) is 11.7 Å². The first kappa shape index (κ1) is 34.1. The molecule has 274 valence electrons. The molecular weight excluding hydrogens is 652 g/mol. The van der Waals surface area contributed by atoms with Crippen molar-refractivity contribution in [2.75, 3.05) is 7.11 Å². The smallest absolute Gasteiger partial charge is 0.308 e. The van der Waals surface area contributed by atoms with Crippen molar-refractivity contribution in [3.8, 4) is 0 Å². The molecule has 1 aromatic rings. The molecule has 4 aliphatic carbocycles. The fourth-order valence-electron chi connectivity index (χ4n) is 12.6. The van der Waals surface area contributed by atoms with Gasteiger partial charge in [0.25, 0.3) is 5.97 Å². The van der Waals surface area contributed by atoms with Gasteiger partial charge in [-0.1, -0.05) is 48.5 Å². The third-order valence-electron chi connectivity index (χ3n) is 14.3. The summed E-state index contributed by atoms with van der Waals surface area (Å²) in [5.41, 5.74) is -9.45. The van der Waals surface area contributed by atoms with Crippen molar-refractivity contribution in [2.45, 2.75) is 134 Å². The highest BCUT2D eigenvalue weighted by Gasteiger charge is 3.04. The van der Waals surface area contributed by atoms with Gasteiger partial charge in [0.2, 0.25) is 0 Å². The maximum absolute atomic E-state index is 13.9. The molecule has 13 atom stereocenters. The number of ether oxygens (including phenoxy) is 7. The summed E-state index contributed by atoms with van der Waals surface area (Å²) in [7, 11) is 1.32. The van der Waals surface area contributed by atoms with E-state index in [9.17, 15) is 24.3 Å². The highest BCUT2D eigenvalue weighted by molar-refractivity contribution is 5.75. The quantitative estimate of drug-likeness (QED) is 0.319. The zero-order valence-corrected chi connectivity index (χ0v) is 30.2. The molecule has 3 saturated heterocycles. The molecule has 13 heteroatoms. The van der Waals surface area contributed by atoms with E-state index in [1.165, 1.54) is 13.4 Å². The molecule has 4 bridgehead atoms. The highest BCUT2D eigenvalue weighted by Crippen LogP contribution is 2.89. The van der Waals surface area contributed by atoms with Crippen LogP contribution >= 0.6 is 0 Å². The largest absolute Gasteiger partial charge is 0.472 e. The van der Waals surface area contributed by atoms with E-state index in [1.54, 1.807) is 46.9 Å². The Bertz CT molecular complexity index is 1670. The number of rotatable bonds is 7. The number of carbonyl (C=O) groups is 4. The van der Waals surface area contributed by atoms with E-state index < -0.39 is 110 Å². The average Bonchev–Trinajstić information content (AvgIpc) is 3.74. The maximum Gasteiger partial charge on any atom is 0.308 e. The summed E-state index contributed by atoms with van der Waals surface area (Å²) < 4.78 is 51.1. The molecule has 0 radical (unpaired) electrons. The Morgan fingerprint density at radius 2 is 1.56 bits per heavy atom. The van der Waals surface area contributed by atoms with E-state index in [-0.39, 0.29) is 19.3 Å². The van der Waals surface area contributed by atoms with E-state index in [1.807, 2.05) is 20.8 Å². The molecule has 13 nitrogen and oxygen atoms in total. The van der Waals surface area contributed by atoms with Gasteiger partial charge in [-0.05, 0) is 31.2 Å². The zero-order chi connectivity index (χ0) is 36.2. The Hall–Kier alpha value is -3.00. The van der Waals surface area contributed by atoms with Crippen molar-refractivity contribution in [1.82, 2.24) is 0 Å². The first-order valence-electron chi connectivity index (χ1n) is 17.8. The average molecular weight is 701 g/mol. The fraction of sp³-hybridized carbons (Fsp3) is 0.784. The highest BCUT2D eigenvalue weighted by atomic mass is 16.9. The second-order valence-corrected chi connectivity index (χ2v) is 17.3. The fourth-order valence-corrected chi connectivity index (χ4v) is 12.6. The van der Waals surface area contributed by atoms with E-state index in [4.69, 9.17) is 37.6 Å². The van der Waals surface area contributed by atoms with Gasteiger partial charge >= 0.3 is 23.9 Å². The summed E-state index contributed by atoms with van der Waals surface area (Å²) >= 11 is 0. The predicted molar refractivity (Wildman–Crippen MR) is 168 cm³/mol. The Morgan fingerprint density at radius 1 is 0.920 bits per heavy atom. The van der Waals surface area contributed by atoms with Gasteiger partial charge in [0.05, 0.1) is 37.9 Å². The number of furan rings is 1. The minimum Gasteiger partial charge on any atom is -0.472 e. The van der Waals surface area contributed by atoms with Crippen LogP contribution in [0.1, 0.15) is 99.2 Å². The minimum atomic E-state index is -2.21. The number of carbonyl (C=O) groups excluding carboxylic acids is 4. The van der Waals surface area contributed by atoms with Crippen molar-refractivity contribution in [3.05, 3.63) is 24.2 Å². The molecule has 8 rings (SSSR count). The molecule has 0 aromatic carbocycles. The monoisotopic (exact) mass is 700 g/mol. The van der Waals surface area contributed by atoms with E-state index in [0.29, 0.717) is 18.4 Å². The lowest BCUT2D eigenvalue weighted by molar-refractivity contribution is -0.478. The first-order valence-corrected chi connectivity index (χ1v) is 17.8. The van der Waals surface area contributed by atoms with Gasteiger partial charge in [0, 0.05) is 41.1 Å². The number of aliphatic hydroxyl groups is 1. The molecule has 0 unspecified atom stereocenters. The van der Waals surface area contributed by atoms with Crippen LogP contribution in [0, 0.1) is 39.9 Å². The van der Waals surface area contributed by atoms with Crippen molar-refractivity contribution in [2.24, 2.45) is 39.9 Å². The predicted octanol–water partition coefficient (Wildman–Crippen LogP) is 4.14. The van der Waals surface area contributed by atoms with Gasteiger partial charge < -0.3 is 42.7 Å². The number of hydrogen-bond acceptors (Lipinski definition) is 13. The Labute approximate surface area is 290 Å². The van der Waals surface area contributed by atoms with Crippen LogP contribution in [-0.2, 0) is 52.3 Å². The molecule has 4 saturated carbocycles. The molecule has 1 N–H and O–H groups in total. The van der Waals surface area contributed by atoms with Crippen molar-refractivity contribution in [3.63, 3.8) is 0 Å². The lowest BCUT2D eigenvalue weighted by Crippen LogP contribution is -2.93. The molecule has 4 heterocycles. The molecule has 0 amide bonds. The summed E-state index contributed by atoms with van der Waals surface area (Å²) in [6.07, 6.45) is 0.113. The number of fused-ring (bicyclic) bond motifs is 3. The van der Waals surface area contributed by atoms with Crippen LogP contribution in [0.15, 0.2) is 23.0 Å². The maximum atomic E-state index is 13.9. The van der Waals surface area contributed by atoms with E-state index in [0.717, 1.165) is 0 Å². The first-order chi connectivity index (χ1) is 23.3. The molecule has 1 aromatic heterocycles. The zero-order valence-electron chi connectivity index (χ0n) is 30.2. The second-order valence-electron chi connectivity index (χ2n) is 17.3. The SMILES string of the molecule is COC(=O)C[C@H]1[C@@]2(C)C[C@@]34O[C@]5(C)O[C@]6([C@@H]7CC(=O)O[C@@H](c8ccoc8)[C@]7(C)CC[C@]6(O5)[C@]13C)[C@H](OC(=O)C(C)C)[C@@]4(O)[C@H]2OC(=O)C(C)C. The van der Waals surface area contributed by atoms with Gasteiger partial charge in [-0.3, -0.25) is 19.2 Å². The van der Waals surface area contributed by atoms with Crippen LogP contribution in [-0.4, -0.2) is 76.7 Å². The lowest BCUT2D eigenvalue weighted by Gasteiger charge is -2.77. The lowest BCUT2D eigenvalue weighted by atomic mass is 9.33. The standard InChI is InChI=1S/C37H48O13/c1-18(2)26(40)46-28-31(6)17-35-32(7,21(31)14-23(38)43-9)34-12-11-30(5)22(15-24(39)45-25(30)20-10-13-44-16-20)37(34,50-33(8,48-34)49-35)29(36(28,35)42)47-27(41)19(3)4/h10,13,16,18-19,21-22,25,28-29,42H,11-12,14-15,17H2,1-9H3/t21-,22+,25-,28-,29+,30+,31+,32-,33+,34-,35+,36-,37+/m0/s1. The van der Waals surface area contributed by atoms with E-state index >= 15 is 0 Å². The minimum absolute atomic E-state index is 0.101. The van der Waals surface area contributed by atoms with Crippen molar-refractivity contribution < 1.29 is 61.9 Å². The Morgan fingerprint density at radius 3 is 2.16 bits per heavy atom. The van der Waals surface area contributed by atoms with Crippen LogP contribution in [0.5, 0.6) is 0 Å². The van der Waals surface area contributed by atoms with Crippen LogP contribution < -0.4 is 0 Å². The molecule has 3 aliphatic heterocycles. The molecule has 2 spiro atoms. The summed E-state index contributed by atoms with van der Waals surface area (Å²) in [4.78, 5) is 54.8. The molecule has 50 heavy (non-hydrogen) atoms. The number of methoxy groups -OCH3 is 1. The van der Waals surface area contributed by atoms with Crippen LogP contribution in [0.25, 0.3) is 0 Å². The number of cyclic esters (lactones) is 1. The van der Waals surface area contributed by atoms with Gasteiger partial charge in [-0.2, -0.15) is 0 Å². The second kappa shape index (κ2) is 9.90. The van der Waals surface area contributed by atoms with Gasteiger partial charge in [-0.15, -0.1) is 0 Å². The Kier molecular flexibility index (Phi) is 6.75. The summed E-state index contributed by atoms with van der Waals surface area (Å²) in [6.45, 7) is 14.3. The van der Waals surface area contributed by atoms with Crippen LogP contribution in [0.4, 0.5) is 0 Å². The van der Waals surface area contributed by atoms with Crippen molar-refractivity contribution in [1.29, 1.82) is 0 Å². The van der Waals surface area contributed by atoms with Crippen LogP contribution in [0.2, 0.25) is 0 Å². The molecular formula is C37H48O13. The molecule has 7 aliphatic rings. The van der Waals surface area contributed by atoms with Gasteiger partial charge in [-0.25, -0.2) is 0 Å². The van der Waals surface area contributed by atoms with Crippen molar-refractivity contribution >= 4 is 23.9 Å². The normalized spacial score (nSPS) is 50.6. The summed E-state index contributed by atoms with van der Waals surface area (Å²) in [5, 5.41) is 13.9. The molecule has 7 fully saturated rings. The third kappa shape index (κ3) is 3.45. The number of esters is 4. The van der Waals surface area contributed by atoms with E-state index in [2.05, 4.69) is 0 Å². The van der Waals surface area contributed by atoms with Crippen LogP contribution in [0.3, 0.4) is 0 Å². The summed E-state index contributed by atoms with van der Waals surface area (Å²) in [5.74, 6) is -6.57. The third-order valence-corrected chi connectivity index (χ3v) is 14.3. The number of hydrogen-bond donors (Lipinski definition) is 1.